The maximum atomic E-state index is 3.47. The molecule has 0 aromatic carbocycles. The lowest BCUT2D eigenvalue weighted by Gasteiger charge is -2.19. The number of hydrogen-bond donors (Lipinski definition) is 1. The highest BCUT2D eigenvalue weighted by Gasteiger charge is 2.14. The van der Waals surface area contributed by atoms with E-state index in [0.717, 1.165) is 5.92 Å². The van der Waals surface area contributed by atoms with Crippen molar-refractivity contribution in [2.75, 3.05) is 24.6 Å². The summed E-state index contributed by atoms with van der Waals surface area (Å²) in [6, 6.07) is 0. The van der Waals surface area contributed by atoms with Crippen LogP contribution in [0.25, 0.3) is 0 Å². The number of thioether (sulfide) groups is 1. The van der Waals surface area contributed by atoms with E-state index in [0.29, 0.717) is 5.41 Å². The van der Waals surface area contributed by atoms with Gasteiger partial charge in [0.05, 0.1) is 0 Å². The van der Waals surface area contributed by atoms with Crippen LogP contribution in [-0.2, 0) is 0 Å². The van der Waals surface area contributed by atoms with Gasteiger partial charge in [-0.3, -0.25) is 0 Å². The summed E-state index contributed by atoms with van der Waals surface area (Å²) in [7, 11) is 0. The highest BCUT2D eigenvalue weighted by atomic mass is 32.2. The topological polar surface area (TPSA) is 12.0 Å². The number of rotatable bonds is 3. The molecule has 2 heteroatoms. The first kappa shape index (κ1) is 12.4. The fourth-order valence-electron chi connectivity index (χ4n) is 1.79. The summed E-state index contributed by atoms with van der Waals surface area (Å²) in [6.07, 6.45) is 4.20. The van der Waals surface area contributed by atoms with Gasteiger partial charge in [-0.2, -0.15) is 11.8 Å². The highest BCUT2D eigenvalue weighted by molar-refractivity contribution is 7.99. The summed E-state index contributed by atoms with van der Waals surface area (Å²) >= 11 is 2.15. The highest BCUT2D eigenvalue weighted by Crippen LogP contribution is 2.25. The number of hydrogen-bond acceptors (Lipinski definition) is 2. The molecule has 1 unspecified atom stereocenters. The molecule has 0 amide bonds. The fourth-order valence-corrected chi connectivity index (χ4v) is 3.19. The van der Waals surface area contributed by atoms with Gasteiger partial charge in [0, 0.05) is 0 Å². The average molecular weight is 215 g/mol. The van der Waals surface area contributed by atoms with Crippen LogP contribution in [-0.4, -0.2) is 24.6 Å². The van der Waals surface area contributed by atoms with Gasteiger partial charge in [0.25, 0.3) is 0 Å². The molecule has 0 saturated carbocycles. The second-order valence-corrected chi connectivity index (χ2v) is 6.65. The van der Waals surface area contributed by atoms with Crippen LogP contribution in [0, 0.1) is 11.3 Å². The van der Waals surface area contributed by atoms with Crippen LogP contribution in [0.1, 0.15) is 40.0 Å². The smallest absolute Gasteiger partial charge is 0.00186 e. The average Bonchev–Trinajstić information content (AvgIpc) is 2.30. The first-order valence-corrected chi connectivity index (χ1v) is 7.02. The second kappa shape index (κ2) is 6.02. The van der Waals surface area contributed by atoms with Crippen LogP contribution in [0.4, 0.5) is 0 Å². The van der Waals surface area contributed by atoms with Crippen molar-refractivity contribution in [1.29, 1.82) is 0 Å². The van der Waals surface area contributed by atoms with Crippen LogP contribution >= 0.6 is 11.8 Å². The van der Waals surface area contributed by atoms with E-state index in [1.54, 1.807) is 0 Å². The molecule has 0 bridgehead atoms. The van der Waals surface area contributed by atoms with Crippen LogP contribution in [0.3, 0.4) is 0 Å². The maximum absolute atomic E-state index is 3.47. The zero-order chi connectivity index (χ0) is 10.4. The molecule has 1 aliphatic heterocycles. The van der Waals surface area contributed by atoms with E-state index < -0.39 is 0 Å². The summed E-state index contributed by atoms with van der Waals surface area (Å²) in [4.78, 5) is 0. The van der Waals surface area contributed by atoms with Gasteiger partial charge in [0.2, 0.25) is 0 Å². The van der Waals surface area contributed by atoms with E-state index >= 15 is 0 Å². The van der Waals surface area contributed by atoms with Crippen molar-refractivity contribution in [3.8, 4) is 0 Å². The Labute approximate surface area is 93.4 Å². The van der Waals surface area contributed by atoms with Crippen molar-refractivity contribution in [2.45, 2.75) is 40.0 Å². The van der Waals surface area contributed by atoms with Gasteiger partial charge in [-0.05, 0) is 55.2 Å². The fraction of sp³-hybridized carbons (Fsp3) is 1.00. The number of nitrogens with one attached hydrogen (secondary N) is 1. The van der Waals surface area contributed by atoms with Gasteiger partial charge >= 0.3 is 0 Å². The largest absolute Gasteiger partial charge is 0.317 e. The second-order valence-electron chi connectivity index (χ2n) is 5.62. The Morgan fingerprint density at radius 2 is 2.00 bits per heavy atom. The zero-order valence-electron chi connectivity index (χ0n) is 9.94. The Kier molecular flexibility index (Phi) is 5.32. The third kappa shape index (κ3) is 5.92. The maximum Gasteiger partial charge on any atom is -0.00186 e. The summed E-state index contributed by atoms with van der Waals surface area (Å²) in [5, 5.41) is 3.47. The normalized spacial score (nSPS) is 24.6. The Morgan fingerprint density at radius 1 is 1.21 bits per heavy atom. The molecule has 84 valence electrons. The molecule has 1 nitrogen and oxygen atoms in total. The van der Waals surface area contributed by atoms with Gasteiger partial charge < -0.3 is 5.32 Å². The van der Waals surface area contributed by atoms with Crippen molar-refractivity contribution in [3.05, 3.63) is 0 Å². The van der Waals surface area contributed by atoms with Crippen molar-refractivity contribution in [3.63, 3.8) is 0 Å². The van der Waals surface area contributed by atoms with E-state index in [4.69, 9.17) is 0 Å². The van der Waals surface area contributed by atoms with Crippen molar-refractivity contribution in [2.24, 2.45) is 11.3 Å². The molecule has 14 heavy (non-hydrogen) atoms. The van der Waals surface area contributed by atoms with Crippen molar-refractivity contribution < 1.29 is 0 Å². The molecule has 1 atom stereocenters. The summed E-state index contributed by atoms with van der Waals surface area (Å²) in [6.45, 7) is 9.46. The Bertz CT molecular complexity index is 143. The molecule has 0 aliphatic carbocycles. The quantitative estimate of drug-likeness (QED) is 0.776. The predicted molar refractivity (Wildman–Crippen MR) is 67.0 cm³/mol. The minimum absolute atomic E-state index is 0.494. The van der Waals surface area contributed by atoms with Gasteiger partial charge in [-0.25, -0.2) is 0 Å². The monoisotopic (exact) mass is 215 g/mol. The zero-order valence-corrected chi connectivity index (χ0v) is 10.8. The third-order valence-corrected chi connectivity index (χ3v) is 4.36. The molecular formula is C12H25NS. The van der Waals surface area contributed by atoms with Gasteiger partial charge in [0.15, 0.2) is 0 Å². The summed E-state index contributed by atoms with van der Waals surface area (Å²) in [5.41, 5.74) is 0.494. The molecular weight excluding hydrogens is 190 g/mol. The minimum atomic E-state index is 0.494. The predicted octanol–water partition coefficient (Wildman–Crippen LogP) is 3.16. The van der Waals surface area contributed by atoms with Crippen molar-refractivity contribution in [1.82, 2.24) is 5.32 Å². The lowest BCUT2D eigenvalue weighted by Crippen LogP contribution is -2.15. The molecule has 0 aromatic rings. The van der Waals surface area contributed by atoms with Gasteiger partial charge in [-0.15, -0.1) is 0 Å². The van der Waals surface area contributed by atoms with Crippen molar-refractivity contribution >= 4 is 11.8 Å². The van der Waals surface area contributed by atoms with Crippen LogP contribution in [0.15, 0.2) is 0 Å². The van der Waals surface area contributed by atoms with Gasteiger partial charge in [-0.1, -0.05) is 20.8 Å². The van der Waals surface area contributed by atoms with Crippen LogP contribution < -0.4 is 5.32 Å². The van der Waals surface area contributed by atoms with E-state index in [-0.39, 0.29) is 0 Å². The van der Waals surface area contributed by atoms with Crippen LogP contribution in [0.5, 0.6) is 0 Å². The lowest BCUT2D eigenvalue weighted by atomic mass is 10.0. The van der Waals surface area contributed by atoms with E-state index in [1.807, 2.05) is 0 Å². The van der Waals surface area contributed by atoms with E-state index in [2.05, 4.69) is 37.8 Å². The molecule has 1 heterocycles. The molecule has 0 aromatic heterocycles. The van der Waals surface area contributed by atoms with E-state index in [9.17, 15) is 0 Å². The van der Waals surface area contributed by atoms with Gasteiger partial charge in [0.1, 0.15) is 0 Å². The Morgan fingerprint density at radius 3 is 2.71 bits per heavy atom. The Balaban J connectivity index is 2.10. The molecule has 0 spiro atoms. The van der Waals surface area contributed by atoms with E-state index in [1.165, 1.54) is 43.9 Å². The molecule has 1 fully saturated rings. The van der Waals surface area contributed by atoms with Crippen LogP contribution in [0.2, 0.25) is 0 Å². The SMILES string of the molecule is CC(C)(C)CSCC1CCCNCC1. The molecule has 1 saturated heterocycles. The first-order valence-electron chi connectivity index (χ1n) is 5.86. The molecule has 1 N–H and O–H groups in total. The minimum Gasteiger partial charge on any atom is -0.317 e. The summed E-state index contributed by atoms with van der Waals surface area (Å²) < 4.78 is 0. The molecule has 1 rings (SSSR count). The molecule has 0 radical (unpaired) electrons. The third-order valence-electron chi connectivity index (χ3n) is 2.58. The summed E-state index contributed by atoms with van der Waals surface area (Å²) in [5.74, 6) is 3.65. The first-order chi connectivity index (χ1) is 6.58. The standard InChI is InChI=1S/C12H25NS/c1-12(2,3)10-14-9-11-5-4-7-13-8-6-11/h11,13H,4-10H2,1-3H3. The molecule has 1 aliphatic rings. The Hall–Kier alpha value is 0.310. The lowest BCUT2D eigenvalue weighted by molar-refractivity contribution is 0.477.